The Balaban J connectivity index is 1.40. The molecule has 0 atom stereocenters. The van der Waals surface area contributed by atoms with Gasteiger partial charge in [-0.1, -0.05) is 24.3 Å². The first-order valence-electron chi connectivity index (χ1n) is 12.6. The Morgan fingerprint density at radius 2 is 1.84 bits per heavy atom. The number of piperazine rings is 1. The van der Waals surface area contributed by atoms with Crippen LogP contribution in [0.25, 0.3) is 33.3 Å². The van der Waals surface area contributed by atoms with Crippen LogP contribution >= 0.6 is 0 Å². The van der Waals surface area contributed by atoms with Gasteiger partial charge in [0.05, 0.1) is 12.7 Å². The second kappa shape index (κ2) is 10.6. The van der Waals surface area contributed by atoms with Crippen molar-refractivity contribution in [2.24, 2.45) is 0 Å². The second-order valence-corrected chi connectivity index (χ2v) is 9.76. The molecule has 8 nitrogen and oxygen atoms in total. The molecule has 3 N–H and O–H groups in total. The van der Waals surface area contributed by atoms with Gasteiger partial charge in [-0.15, -0.1) is 0 Å². The number of carbonyl (C=O) groups is 1. The molecule has 0 unspecified atom stereocenters. The molecule has 0 radical (unpaired) electrons. The number of anilines is 1. The maximum atomic E-state index is 13.4. The molecule has 1 amide bonds. The molecule has 1 saturated heterocycles. The number of likely N-dealkylation sites (N-methyl/N-ethyl adjacent to an activating group) is 1. The summed E-state index contributed by atoms with van der Waals surface area (Å²) in [5, 5.41) is 0.987. The van der Waals surface area contributed by atoms with Crippen molar-refractivity contribution in [3.8, 4) is 28.0 Å². The molecule has 192 valence electrons. The molecule has 1 aliphatic rings. The highest BCUT2D eigenvalue weighted by Crippen LogP contribution is 2.36. The van der Waals surface area contributed by atoms with Crippen LogP contribution in [0.5, 0.6) is 5.75 Å². The molecule has 3 heterocycles. The molecule has 37 heavy (non-hydrogen) atoms. The van der Waals surface area contributed by atoms with Crippen molar-refractivity contribution < 1.29 is 9.53 Å². The Bertz CT molecular complexity index is 1400. The van der Waals surface area contributed by atoms with E-state index in [1.165, 1.54) is 0 Å². The van der Waals surface area contributed by atoms with E-state index < -0.39 is 0 Å². The Kier molecular flexibility index (Phi) is 7.12. The van der Waals surface area contributed by atoms with Gasteiger partial charge in [0, 0.05) is 79.4 Å². The Hall–Kier alpha value is -3.88. The van der Waals surface area contributed by atoms with Crippen LogP contribution in [0.4, 0.5) is 5.69 Å². The summed E-state index contributed by atoms with van der Waals surface area (Å²) in [6.45, 7) is 5.18. The number of hydrogen-bond donors (Lipinski definition) is 2. The number of nitrogen functional groups attached to an aromatic ring is 1. The number of carbonyl (C=O) groups excluding carboxylic acids is 1. The normalized spacial score (nSPS) is 14.4. The van der Waals surface area contributed by atoms with Crippen LogP contribution in [0.3, 0.4) is 0 Å². The number of nitrogens with two attached hydrogens (primary N) is 1. The van der Waals surface area contributed by atoms with E-state index in [2.05, 4.69) is 39.9 Å². The summed E-state index contributed by atoms with van der Waals surface area (Å²) in [7, 11) is 5.84. The van der Waals surface area contributed by atoms with Gasteiger partial charge in [0.25, 0.3) is 5.91 Å². The largest absolute Gasteiger partial charge is 0.496 e. The summed E-state index contributed by atoms with van der Waals surface area (Å²) in [6, 6.07) is 15.7. The van der Waals surface area contributed by atoms with Crippen molar-refractivity contribution in [1.82, 2.24) is 24.7 Å². The summed E-state index contributed by atoms with van der Waals surface area (Å²) in [4.78, 5) is 27.9. The monoisotopic (exact) mass is 498 g/mol. The van der Waals surface area contributed by atoms with Crippen LogP contribution in [0.1, 0.15) is 10.4 Å². The third-order valence-electron chi connectivity index (χ3n) is 7.07. The number of benzene rings is 2. The van der Waals surface area contributed by atoms with Gasteiger partial charge in [0.15, 0.2) is 0 Å². The number of hydrogen-bond acceptors (Lipinski definition) is 6. The zero-order chi connectivity index (χ0) is 25.9. The minimum Gasteiger partial charge on any atom is -0.496 e. The van der Waals surface area contributed by atoms with Crippen molar-refractivity contribution >= 4 is 22.6 Å². The maximum Gasteiger partial charge on any atom is 0.256 e. The lowest BCUT2D eigenvalue weighted by atomic mass is 9.99. The van der Waals surface area contributed by atoms with E-state index in [1.807, 2.05) is 59.8 Å². The van der Waals surface area contributed by atoms with Crippen molar-refractivity contribution in [2.75, 3.05) is 66.2 Å². The first kappa shape index (κ1) is 24.8. The highest BCUT2D eigenvalue weighted by Gasteiger charge is 2.24. The molecule has 2 aromatic carbocycles. The molecule has 0 saturated carbocycles. The van der Waals surface area contributed by atoms with Crippen LogP contribution in [0, 0.1) is 0 Å². The lowest BCUT2D eigenvalue weighted by Gasteiger charge is -2.35. The summed E-state index contributed by atoms with van der Waals surface area (Å²) in [5.41, 5.74) is 12.0. The number of fused-ring (bicyclic) bond motifs is 1. The van der Waals surface area contributed by atoms with Gasteiger partial charge in [-0.2, -0.15) is 0 Å². The van der Waals surface area contributed by atoms with Gasteiger partial charge in [-0.05, 0) is 43.9 Å². The van der Waals surface area contributed by atoms with Gasteiger partial charge in [0.1, 0.15) is 11.4 Å². The third kappa shape index (κ3) is 5.16. The van der Waals surface area contributed by atoms with Crippen molar-refractivity contribution in [3.63, 3.8) is 0 Å². The zero-order valence-electron chi connectivity index (χ0n) is 21.7. The van der Waals surface area contributed by atoms with Crippen LogP contribution in [0.2, 0.25) is 0 Å². The predicted octanol–water partition coefficient (Wildman–Crippen LogP) is 3.81. The fraction of sp³-hybridized carbons (Fsp3) is 0.310. The van der Waals surface area contributed by atoms with E-state index in [0.717, 1.165) is 65.2 Å². The van der Waals surface area contributed by atoms with E-state index in [9.17, 15) is 4.79 Å². The number of aromatic nitrogens is 2. The van der Waals surface area contributed by atoms with E-state index in [4.69, 9.17) is 10.5 Å². The summed E-state index contributed by atoms with van der Waals surface area (Å²) in [6.07, 6.45) is 3.78. The molecular weight excluding hydrogens is 464 g/mol. The Labute approximate surface area is 217 Å². The lowest BCUT2D eigenvalue weighted by Crippen LogP contribution is -2.50. The van der Waals surface area contributed by atoms with Gasteiger partial charge in [-0.3, -0.25) is 9.69 Å². The van der Waals surface area contributed by atoms with Crippen molar-refractivity contribution in [3.05, 3.63) is 66.5 Å². The van der Waals surface area contributed by atoms with Crippen LogP contribution in [-0.4, -0.2) is 91.0 Å². The second-order valence-electron chi connectivity index (χ2n) is 9.76. The quantitative estimate of drug-likeness (QED) is 0.377. The molecule has 0 bridgehead atoms. The maximum absolute atomic E-state index is 13.4. The summed E-state index contributed by atoms with van der Waals surface area (Å²) >= 11 is 0. The molecule has 2 aromatic heterocycles. The SMILES string of the molecule is COc1ccccc1-c1c[nH]c2ncc(-c3ccc(N)c(C(=O)N4CCN(CCN(C)C)CC4)c3)cc12. The number of nitrogens with one attached hydrogen (secondary N) is 1. The minimum atomic E-state index is -0.0167. The Morgan fingerprint density at radius 1 is 1.05 bits per heavy atom. The number of rotatable bonds is 7. The number of methoxy groups -OCH3 is 1. The van der Waals surface area contributed by atoms with Gasteiger partial charge in [-0.25, -0.2) is 4.98 Å². The summed E-state index contributed by atoms with van der Waals surface area (Å²) in [5.74, 6) is 0.785. The molecule has 1 aliphatic heterocycles. The van der Waals surface area contributed by atoms with Gasteiger partial charge in [0.2, 0.25) is 0 Å². The van der Waals surface area contributed by atoms with Gasteiger partial charge >= 0.3 is 0 Å². The number of ether oxygens (including phenoxy) is 1. The standard InChI is InChI=1S/C29H34N6O2/c1-33(2)10-11-34-12-14-35(15-13-34)29(36)24-16-20(8-9-26(24)30)21-17-23-25(19-32-28(23)31-18-21)22-6-4-5-7-27(22)37-3/h4-9,16-19H,10-15,30H2,1-3H3,(H,31,32). The van der Waals surface area contributed by atoms with Crippen LogP contribution < -0.4 is 10.5 Å². The number of H-pyrrole nitrogens is 1. The van der Waals surface area contributed by atoms with Gasteiger partial charge < -0.3 is 25.3 Å². The molecule has 0 spiro atoms. The van der Waals surface area contributed by atoms with Crippen LogP contribution in [-0.2, 0) is 0 Å². The number of amides is 1. The fourth-order valence-corrected chi connectivity index (χ4v) is 4.86. The van der Waals surface area contributed by atoms with E-state index in [0.29, 0.717) is 24.3 Å². The molecule has 4 aromatic rings. The third-order valence-corrected chi connectivity index (χ3v) is 7.07. The van der Waals surface area contributed by atoms with E-state index in [-0.39, 0.29) is 5.91 Å². The van der Waals surface area contributed by atoms with E-state index >= 15 is 0 Å². The smallest absolute Gasteiger partial charge is 0.256 e. The van der Waals surface area contributed by atoms with Crippen molar-refractivity contribution in [2.45, 2.75) is 0 Å². The first-order valence-corrected chi connectivity index (χ1v) is 12.6. The van der Waals surface area contributed by atoms with E-state index in [1.54, 1.807) is 7.11 Å². The van der Waals surface area contributed by atoms with Crippen LogP contribution in [0.15, 0.2) is 60.9 Å². The number of nitrogens with zero attached hydrogens (tertiary/aromatic N) is 4. The Morgan fingerprint density at radius 3 is 2.59 bits per heavy atom. The highest BCUT2D eigenvalue weighted by molar-refractivity contribution is 6.01. The average Bonchev–Trinajstić information content (AvgIpc) is 3.35. The number of pyridine rings is 1. The van der Waals surface area contributed by atoms with Crippen molar-refractivity contribution in [1.29, 1.82) is 0 Å². The first-order chi connectivity index (χ1) is 17.9. The minimum absolute atomic E-state index is 0.0167. The average molecular weight is 499 g/mol. The topological polar surface area (TPSA) is 90.7 Å². The highest BCUT2D eigenvalue weighted by atomic mass is 16.5. The molecule has 5 rings (SSSR count). The number of aromatic amines is 1. The predicted molar refractivity (Wildman–Crippen MR) is 149 cm³/mol. The zero-order valence-corrected chi connectivity index (χ0v) is 21.7. The molecule has 8 heteroatoms. The molecule has 1 fully saturated rings. The molecular formula is C29H34N6O2. The lowest BCUT2D eigenvalue weighted by molar-refractivity contribution is 0.0631. The fourth-order valence-electron chi connectivity index (χ4n) is 4.86. The molecule has 0 aliphatic carbocycles. The summed E-state index contributed by atoms with van der Waals surface area (Å²) < 4.78 is 5.58. The number of para-hydroxylation sites is 1.